The molecular weight excluding hydrogens is 252 g/mol. The van der Waals surface area contributed by atoms with Crippen molar-refractivity contribution in [2.75, 3.05) is 38.3 Å². The van der Waals surface area contributed by atoms with E-state index >= 15 is 0 Å². The first-order valence-corrected chi connectivity index (χ1v) is 7.28. The van der Waals surface area contributed by atoms with Crippen molar-refractivity contribution in [2.24, 2.45) is 0 Å². The maximum atomic E-state index is 5.08. The van der Waals surface area contributed by atoms with Gasteiger partial charge in [-0.2, -0.15) is 0 Å². The molecule has 3 rings (SSSR count). The van der Waals surface area contributed by atoms with Crippen molar-refractivity contribution < 1.29 is 4.74 Å². The van der Waals surface area contributed by atoms with Crippen LogP contribution in [-0.2, 0) is 4.74 Å². The molecule has 0 bridgehead atoms. The van der Waals surface area contributed by atoms with E-state index in [4.69, 9.17) is 4.74 Å². The summed E-state index contributed by atoms with van der Waals surface area (Å²) in [5.41, 5.74) is 1.01. The van der Waals surface area contributed by atoms with Gasteiger partial charge < -0.3 is 15.0 Å². The van der Waals surface area contributed by atoms with Crippen LogP contribution in [0.3, 0.4) is 0 Å². The molecule has 0 spiro atoms. The smallest absolute Gasteiger partial charge is 0.138 e. The third kappa shape index (κ3) is 2.64. The maximum Gasteiger partial charge on any atom is 0.138 e. The number of nitrogens with one attached hydrogen (secondary N) is 1. The first-order valence-electron chi connectivity index (χ1n) is 7.28. The predicted molar refractivity (Wildman–Crippen MR) is 80.3 cm³/mol. The second-order valence-corrected chi connectivity index (χ2v) is 5.23. The molecular formula is C15H22N4O. The largest absolute Gasteiger partial charge is 0.383 e. The van der Waals surface area contributed by atoms with Gasteiger partial charge in [0.2, 0.25) is 0 Å². The third-order valence-electron chi connectivity index (χ3n) is 3.94. The first-order chi connectivity index (χ1) is 9.90. The lowest BCUT2D eigenvalue weighted by atomic mass is 10.2. The predicted octanol–water partition coefficient (Wildman–Crippen LogP) is 1.54. The number of rotatable bonds is 6. The highest BCUT2D eigenvalue weighted by molar-refractivity contribution is 5.52. The monoisotopic (exact) mass is 274 g/mol. The Hall–Kier alpha value is -1.59. The zero-order valence-electron chi connectivity index (χ0n) is 12.0. The van der Waals surface area contributed by atoms with Gasteiger partial charge >= 0.3 is 0 Å². The summed E-state index contributed by atoms with van der Waals surface area (Å²) in [6.07, 6.45) is 6.39. The van der Waals surface area contributed by atoms with E-state index in [1.54, 1.807) is 7.11 Å². The van der Waals surface area contributed by atoms with E-state index in [-0.39, 0.29) is 0 Å². The summed E-state index contributed by atoms with van der Waals surface area (Å²) in [7, 11) is 1.74. The van der Waals surface area contributed by atoms with Gasteiger partial charge in [0.15, 0.2) is 0 Å². The van der Waals surface area contributed by atoms with Gasteiger partial charge in [-0.15, -0.1) is 0 Å². The molecule has 1 fully saturated rings. The molecule has 20 heavy (non-hydrogen) atoms. The first kappa shape index (κ1) is 13.4. The number of hydrogen-bond acceptors (Lipinski definition) is 4. The summed E-state index contributed by atoms with van der Waals surface area (Å²) in [6, 6.07) is 6.87. The molecule has 1 aliphatic heterocycles. The van der Waals surface area contributed by atoms with Crippen molar-refractivity contribution in [3.63, 3.8) is 0 Å². The van der Waals surface area contributed by atoms with Crippen LogP contribution in [0.1, 0.15) is 12.8 Å². The number of imidazole rings is 1. The molecule has 0 aliphatic carbocycles. The second kappa shape index (κ2) is 6.24. The van der Waals surface area contributed by atoms with E-state index < -0.39 is 0 Å². The number of anilines is 1. The SMILES string of the molecule is COCCNCC1CCCN1c1cccc2nccn12. The van der Waals surface area contributed by atoms with Gasteiger partial charge in [0.1, 0.15) is 11.5 Å². The lowest BCUT2D eigenvalue weighted by Gasteiger charge is -2.27. The van der Waals surface area contributed by atoms with E-state index in [0.717, 1.165) is 31.9 Å². The molecule has 5 nitrogen and oxygen atoms in total. The second-order valence-electron chi connectivity index (χ2n) is 5.23. The minimum absolute atomic E-state index is 0.555. The highest BCUT2D eigenvalue weighted by Gasteiger charge is 2.25. The Bertz CT molecular complexity index is 554. The van der Waals surface area contributed by atoms with Crippen LogP contribution in [0.4, 0.5) is 5.82 Å². The fourth-order valence-corrected chi connectivity index (χ4v) is 2.96. The van der Waals surface area contributed by atoms with Gasteiger partial charge in [-0.1, -0.05) is 6.07 Å². The topological polar surface area (TPSA) is 41.8 Å². The normalized spacial score (nSPS) is 19.1. The van der Waals surface area contributed by atoms with Gasteiger partial charge in [-0.3, -0.25) is 4.40 Å². The Kier molecular flexibility index (Phi) is 4.18. The number of pyridine rings is 1. The average molecular weight is 274 g/mol. The van der Waals surface area contributed by atoms with Crippen molar-refractivity contribution >= 4 is 11.5 Å². The fraction of sp³-hybridized carbons (Fsp3) is 0.533. The Morgan fingerprint density at radius 1 is 1.45 bits per heavy atom. The molecule has 1 N–H and O–H groups in total. The molecule has 108 valence electrons. The highest BCUT2D eigenvalue weighted by Crippen LogP contribution is 2.25. The molecule has 3 heterocycles. The van der Waals surface area contributed by atoms with Crippen LogP contribution in [0.15, 0.2) is 30.6 Å². The Morgan fingerprint density at radius 2 is 2.40 bits per heavy atom. The van der Waals surface area contributed by atoms with E-state index in [0.29, 0.717) is 6.04 Å². The van der Waals surface area contributed by atoms with Crippen molar-refractivity contribution in [3.8, 4) is 0 Å². The van der Waals surface area contributed by atoms with Crippen LogP contribution < -0.4 is 10.2 Å². The van der Waals surface area contributed by atoms with Crippen LogP contribution in [-0.4, -0.2) is 48.8 Å². The zero-order chi connectivity index (χ0) is 13.8. The standard InChI is InChI=1S/C15H22N4O/c1-20-11-8-16-12-13-4-3-9-18(13)15-6-2-5-14-17-7-10-19(14)15/h2,5-7,10,13,16H,3-4,8-9,11-12H2,1H3. The van der Waals surface area contributed by atoms with Crippen LogP contribution >= 0.6 is 0 Å². The van der Waals surface area contributed by atoms with E-state index in [9.17, 15) is 0 Å². The summed E-state index contributed by atoms with van der Waals surface area (Å²) in [6.45, 7) is 3.81. The summed E-state index contributed by atoms with van der Waals surface area (Å²) in [4.78, 5) is 6.86. The van der Waals surface area contributed by atoms with Crippen molar-refractivity contribution in [1.29, 1.82) is 0 Å². The molecule has 1 aliphatic rings. The Balaban J connectivity index is 1.73. The number of ether oxygens (including phenoxy) is 1. The minimum atomic E-state index is 0.555. The molecule has 0 amide bonds. The van der Waals surface area contributed by atoms with Gasteiger partial charge in [-0.05, 0) is 25.0 Å². The lowest BCUT2D eigenvalue weighted by Crippen LogP contribution is -2.39. The lowest BCUT2D eigenvalue weighted by molar-refractivity contribution is 0.199. The Morgan fingerprint density at radius 3 is 3.30 bits per heavy atom. The number of hydrogen-bond donors (Lipinski definition) is 1. The molecule has 1 atom stereocenters. The van der Waals surface area contributed by atoms with Crippen LogP contribution in [0.5, 0.6) is 0 Å². The maximum absolute atomic E-state index is 5.08. The average Bonchev–Trinajstić information content (AvgIpc) is 3.11. The van der Waals surface area contributed by atoms with Crippen LogP contribution in [0, 0.1) is 0 Å². The number of aromatic nitrogens is 2. The molecule has 2 aromatic rings. The third-order valence-corrected chi connectivity index (χ3v) is 3.94. The molecule has 1 saturated heterocycles. The summed E-state index contributed by atoms with van der Waals surface area (Å²) >= 11 is 0. The molecule has 1 unspecified atom stereocenters. The summed E-state index contributed by atoms with van der Waals surface area (Å²) in [5, 5.41) is 3.48. The van der Waals surface area contributed by atoms with Crippen molar-refractivity contribution in [2.45, 2.75) is 18.9 Å². The molecule has 2 aromatic heterocycles. The van der Waals surface area contributed by atoms with E-state index in [2.05, 4.69) is 31.7 Å². The van der Waals surface area contributed by atoms with Gasteiger partial charge in [-0.25, -0.2) is 4.98 Å². The number of methoxy groups -OCH3 is 1. The van der Waals surface area contributed by atoms with Crippen molar-refractivity contribution in [1.82, 2.24) is 14.7 Å². The molecule has 5 heteroatoms. The van der Waals surface area contributed by atoms with Gasteiger partial charge in [0, 0.05) is 45.2 Å². The van der Waals surface area contributed by atoms with Crippen molar-refractivity contribution in [3.05, 3.63) is 30.6 Å². The summed E-state index contributed by atoms with van der Waals surface area (Å²) < 4.78 is 7.25. The molecule has 0 saturated carbocycles. The van der Waals surface area contributed by atoms with Crippen LogP contribution in [0.25, 0.3) is 5.65 Å². The minimum Gasteiger partial charge on any atom is -0.383 e. The zero-order valence-corrected chi connectivity index (χ0v) is 12.0. The van der Waals surface area contributed by atoms with E-state index in [1.807, 2.05) is 18.5 Å². The van der Waals surface area contributed by atoms with Gasteiger partial charge in [0.25, 0.3) is 0 Å². The quantitative estimate of drug-likeness (QED) is 0.811. The fourth-order valence-electron chi connectivity index (χ4n) is 2.96. The van der Waals surface area contributed by atoms with Crippen LogP contribution in [0.2, 0.25) is 0 Å². The number of nitrogens with zero attached hydrogens (tertiary/aromatic N) is 3. The van der Waals surface area contributed by atoms with Gasteiger partial charge in [0.05, 0.1) is 6.61 Å². The number of fused-ring (bicyclic) bond motifs is 1. The Labute approximate surface area is 119 Å². The highest BCUT2D eigenvalue weighted by atomic mass is 16.5. The van der Waals surface area contributed by atoms with E-state index in [1.165, 1.54) is 18.7 Å². The molecule has 0 radical (unpaired) electrons. The molecule has 0 aromatic carbocycles. The summed E-state index contributed by atoms with van der Waals surface area (Å²) in [5.74, 6) is 1.25.